The molecule has 1 aromatic heterocycles. The zero-order valence-corrected chi connectivity index (χ0v) is 15.6. The molecule has 124 valence electrons. The lowest BCUT2D eigenvalue weighted by molar-refractivity contribution is -0.137. The lowest BCUT2D eigenvalue weighted by atomic mass is 10.1. The monoisotopic (exact) mass is 338 g/mol. The van der Waals surface area contributed by atoms with E-state index in [1.807, 2.05) is 12.1 Å². The molecule has 0 atom stereocenters. The van der Waals surface area contributed by atoms with Gasteiger partial charge in [-0.05, 0) is 18.2 Å². The van der Waals surface area contributed by atoms with E-state index in [0.717, 1.165) is 27.5 Å². The molecule has 0 aliphatic heterocycles. The average Bonchev–Trinajstić information content (AvgIpc) is 2.91. The summed E-state index contributed by atoms with van der Waals surface area (Å²) in [4.78, 5) is 11.6. The molecule has 0 radical (unpaired) electrons. The predicted octanol–water partition coefficient (Wildman–Crippen LogP) is 4.71. The maximum Gasteiger partial charge on any atom is 0.330 e. The van der Waals surface area contributed by atoms with E-state index in [9.17, 15) is 4.79 Å². The van der Waals surface area contributed by atoms with Gasteiger partial charge >= 0.3 is 5.97 Å². The van der Waals surface area contributed by atoms with Crippen molar-refractivity contribution in [3.63, 3.8) is 0 Å². The van der Waals surface area contributed by atoms with Crippen LogP contribution in [0.5, 0.6) is 0 Å². The third-order valence-corrected chi connectivity index (χ3v) is 6.06. The summed E-state index contributed by atoms with van der Waals surface area (Å²) >= 11 is 0. The Morgan fingerprint density at radius 3 is 2.42 bits per heavy atom. The van der Waals surface area contributed by atoms with E-state index in [-0.39, 0.29) is 5.97 Å². The van der Waals surface area contributed by atoms with E-state index in [0.29, 0.717) is 6.61 Å². The smallest absolute Gasteiger partial charge is 0.330 e. The van der Waals surface area contributed by atoms with Crippen molar-refractivity contribution in [3.05, 3.63) is 48.0 Å². The molecule has 3 nitrogen and oxygen atoms in total. The second-order valence-corrected chi connectivity index (χ2v) is 11.9. The van der Waals surface area contributed by atoms with Crippen LogP contribution in [0.3, 0.4) is 0 Å². The maximum atomic E-state index is 11.6. The summed E-state index contributed by atoms with van der Waals surface area (Å²) in [7, 11) is -1.51. The topological polar surface area (TPSA) is 39.4 Å². The summed E-state index contributed by atoms with van der Waals surface area (Å²) in [6, 6.07) is 12.4. The van der Waals surface area contributed by atoms with Crippen molar-refractivity contribution in [1.29, 1.82) is 0 Å². The quantitative estimate of drug-likeness (QED) is 0.393. The molecule has 4 heteroatoms. The molecule has 0 unspecified atom stereocenters. The summed E-state index contributed by atoms with van der Waals surface area (Å²) in [6.07, 6.45) is 3.21. The van der Waals surface area contributed by atoms with Crippen molar-refractivity contribution >= 4 is 47.2 Å². The van der Waals surface area contributed by atoms with Crippen LogP contribution in [0.2, 0.25) is 19.6 Å². The fourth-order valence-electron chi connectivity index (χ4n) is 2.91. The fraction of sp³-hybridized carbons (Fsp3) is 0.250. The molecule has 0 N–H and O–H groups in total. The molecular formula is C20H22O3Si. The van der Waals surface area contributed by atoms with Gasteiger partial charge in [-0.25, -0.2) is 4.79 Å². The number of carbonyl (C=O) groups is 1. The number of rotatable bonds is 4. The maximum absolute atomic E-state index is 11.6. The van der Waals surface area contributed by atoms with Gasteiger partial charge in [0, 0.05) is 22.4 Å². The van der Waals surface area contributed by atoms with Crippen LogP contribution in [-0.4, -0.2) is 20.7 Å². The largest absolute Gasteiger partial charge is 0.463 e. The van der Waals surface area contributed by atoms with Crippen LogP contribution in [0.4, 0.5) is 0 Å². The van der Waals surface area contributed by atoms with Crippen LogP contribution in [0, 0.1) is 0 Å². The predicted molar refractivity (Wildman–Crippen MR) is 102 cm³/mol. The minimum atomic E-state index is -1.51. The number of fused-ring (bicyclic) bond motifs is 3. The van der Waals surface area contributed by atoms with Gasteiger partial charge in [-0.1, -0.05) is 56.0 Å². The molecule has 0 saturated carbocycles. The van der Waals surface area contributed by atoms with Gasteiger partial charge in [0.2, 0.25) is 0 Å². The first-order chi connectivity index (χ1) is 11.4. The highest BCUT2D eigenvalue weighted by Crippen LogP contribution is 2.31. The van der Waals surface area contributed by atoms with E-state index in [1.165, 1.54) is 11.3 Å². The first-order valence-corrected chi connectivity index (χ1v) is 11.7. The SMILES string of the molecule is CCOC(=O)/C=C/c1cccc2c1oc1c([Si](C)(C)C)cccc12. The van der Waals surface area contributed by atoms with E-state index in [4.69, 9.17) is 9.15 Å². The zero-order chi connectivity index (χ0) is 17.3. The molecule has 2 aromatic carbocycles. The molecule has 0 amide bonds. The number of benzene rings is 2. The van der Waals surface area contributed by atoms with Crippen molar-refractivity contribution in [2.24, 2.45) is 0 Å². The zero-order valence-electron chi connectivity index (χ0n) is 14.6. The Kier molecular flexibility index (Phi) is 4.33. The van der Waals surface area contributed by atoms with Crippen LogP contribution >= 0.6 is 0 Å². The van der Waals surface area contributed by atoms with Crippen molar-refractivity contribution in [2.45, 2.75) is 26.6 Å². The van der Waals surface area contributed by atoms with Gasteiger partial charge in [0.1, 0.15) is 11.2 Å². The number of carbonyl (C=O) groups excluding carboxylic acids is 1. The minimum Gasteiger partial charge on any atom is -0.463 e. The van der Waals surface area contributed by atoms with E-state index < -0.39 is 8.07 Å². The van der Waals surface area contributed by atoms with E-state index >= 15 is 0 Å². The Labute approximate surface area is 142 Å². The highest BCUT2D eigenvalue weighted by molar-refractivity contribution is 6.90. The minimum absolute atomic E-state index is 0.339. The van der Waals surface area contributed by atoms with Crippen molar-refractivity contribution < 1.29 is 13.9 Å². The third kappa shape index (κ3) is 3.02. The number of esters is 1. The Bertz CT molecular complexity index is 929. The van der Waals surface area contributed by atoms with Crippen LogP contribution in [0.1, 0.15) is 12.5 Å². The van der Waals surface area contributed by atoms with Gasteiger partial charge in [-0.15, -0.1) is 0 Å². The molecule has 0 fully saturated rings. The number of hydrogen-bond acceptors (Lipinski definition) is 3. The summed E-state index contributed by atoms with van der Waals surface area (Å²) < 4.78 is 11.2. The first-order valence-electron chi connectivity index (χ1n) is 8.21. The fourth-order valence-corrected chi connectivity index (χ4v) is 4.38. The van der Waals surface area contributed by atoms with Crippen molar-refractivity contribution in [2.75, 3.05) is 6.61 Å². The molecule has 1 heterocycles. The van der Waals surface area contributed by atoms with Crippen LogP contribution in [0.15, 0.2) is 46.9 Å². The van der Waals surface area contributed by atoms with Crippen molar-refractivity contribution in [3.8, 4) is 0 Å². The number of furan rings is 1. The summed E-state index contributed by atoms with van der Waals surface area (Å²) in [6.45, 7) is 9.12. The van der Waals surface area contributed by atoms with Gasteiger partial charge < -0.3 is 9.15 Å². The molecule has 0 bridgehead atoms. The second kappa shape index (κ2) is 6.28. The number of para-hydroxylation sites is 2. The van der Waals surface area contributed by atoms with Gasteiger partial charge in [0.05, 0.1) is 14.7 Å². The van der Waals surface area contributed by atoms with Crippen LogP contribution < -0.4 is 5.19 Å². The molecule has 0 spiro atoms. The van der Waals surface area contributed by atoms with Crippen molar-refractivity contribution in [1.82, 2.24) is 0 Å². The summed E-state index contributed by atoms with van der Waals surface area (Å²) in [5, 5.41) is 3.53. The Morgan fingerprint density at radius 2 is 1.75 bits per heavy atom. The first kappa shape index (κ1) is 16.5. The van der Waals surface area contributed by atoms with Gasteiger partial charge in [-0.3, -0.25) is 0 Å². The lowest BCUT2D eigenvalue weighted by Gasteiger charge is -2.16. The standard InChI is InChI=1S/C20H22O3Si/c1-5-22-18(21)13-12-14-8-6-9-15-16-10-7-11-17(24(2,3)4)20(16)23-19(14)15/h6-13H,5H2,1-4H3/b13-12+. The van der Waals surface area contributed by atoms with E-state index in [1.54, 1.807) is 13.0 Å². The molecule has 0 aliphatic rings. The lowest BCUT2D eigenvalue weighted by Crippen LogP contribution is -2.37. The Balaban J connectivity index is 2.19. The molecule has 3 rings (SSSR count). The highest BCUT2D eigenvalue weighted by Gasteiger charge is 2.22. The third-order valence-electron chi connectivity index (χ3n) is 4.05. The summed E-state index contributed by atoms with van der Waals surface area (Å²) in [5.41, 5.74) is 2.68. The average molecular weight is 338 g/mol. The van der Waals surface area contributed by atoms with E-state index in [2.05, 4.69) is 43.9 Å². The van der Waals surface area contributed by atoms with Crippen LogP contribution in [0.25, 0.3) is 28.0 Å². The summed E-state index contributed by atoms with van der Waals surface area (Å²) in [5.74, 6) is -0.339. The number of ether oxygens (including phenoxy) is 1. The highest BCUT2D eigenvalue weighted by atomic mass is 28.3. The molecule has 0 aliphatic carbocycles. The Morgan fingerprint density at radius 1 is 1.08 bits per heavy atom. The van der Waals surface area contributed by atoms with Crippen LogP contribution in [-0.2, 0) is 9.53 Å². The Hall–Kier alpha value is -2.33. The van der Waals surface area contributed by atoms with Gasteiger partial charge in [0.15, 0.2) is 0 Å². The van der Waals surface area contributed by atoms with Gasteiger partial charge in [-0.2, -0.15) is 0 Å². The molecule has 3 aromatic rings. The molecule has 0 saturated heterocycles. The second-order valence-electron chi connectivity index (χ2n) is 6.84. The van der Waals surface area contributed by atoms with Gasteiger partial charge in [0.25, 0.3) is 0 Å². The normalized spacial score (nSPS) is 12.3. The molecular weight excluding hydrogens is 316 g/mol. The number of hydrogen-bond donors (Lipinski definition) is 0. The molecule has 24 heavy (non-hydrogen) atoms.